The van der Waals surface area contributed by atoms with Crippen LogP contribution >= 0.6 is 0 Å². The fourth-order valence-corrected chi connectivity index (χ4v) is 13.1. The zero-order chi connectivity index (χ0) is 54.9. The third-order valence-electron chi connectivity index (χ3n) is 17.7. The van der Waals surface area contributed by atoms with Gasteiger partial charge in [-0.05, 0) is 138 Å². The second-order valence-corrected chi connectivity index (χ2v) is 23.0. The first kappa shape index (κ1) is 59.8. The lowest BCUT2D eigenvalue weighted by molar-refractivity contribution is -0.265. The maximum atomic E-state index is 14.6. The largest absolute Gasteiger partial charge is 0.460 e. The topological polar surface area (TPSA) is 244 Å². The van der Waals surface area contributed by atoms with Gasteiger partial charge in [0.15, 0.2) is 11.6 Å². The van der Waals surface area contributed by atoms with Crippen LogP contribution in [0, 0.1) is 29.6 Å². The summed E-state index contributed by atoms with van der Waals surface area (Å²) >= 11 is 0. The minimum atomic E-state index is -2.54. The SMILES string of the molecule is C.COC1CC2CC[C@@H](C)[C@@](O)(O2)C(=O)C(=O)N2CCCC[C@H]2C(=O)OC2CC(=O)C(/C=C(/C)[C@@H](O)C(OC)C(=O)[C@H](C)CC(C)C3CCC(C=C1C)n1c(=O)n(-c4ccccc4)c(=O)n13)OC1CC(CCC1O)CC2C. The number of carbonyl (C=O) groups is 5. The number of ether oxygens (including phenoxy) is 5. The van der Waals surface area contributed by atoms with Gasteiger partial charge < -0.3 is 43.9 Å². The van der Waals surface area contributed by atoms with Gasteiger partial charge in [-0.2, -0.15) is 0 Å². The Kier molecular flexibility index (Phi) is 19.4. The molecule has 17 atom stereocenters. The number of methoxy groups -OCH3 is 2. The normalized spacial score (nSPS) is 38.1. The molecule has 2 aromatic rings. The molecule has 3 saturated heterocycles. The van der Waals surface area contributed by atoms with E-state index in [0.29, 0.717) is 75.5 Å². The van der Waals surface area contributed by atoms with Gasteiger partial charge in [-0.3, -0.25) is 19.2 Å². The summed E-state index contributed by atoms with van der Waals surface area (Å²) in [5, 5.41) is 35.2. The van der Waals surface area contributed by atoms with E-state index >= 15 is 0 Å². The molecule has 1 saturated carbocycles. The number of aromatic nitrogens is 3. The van der Waals surface area contributed by atoms with Crippen molar-refractivity contribution >= 4 is 29.2 Å². The number of aliphatic hydroxyl groups is 3. The van der Waals surface area contributed by atoms with Crippen LogP contribution in [0.5, 0.6) is 0 Å². The van der Waals surface area contributed by atoms with Gasteiger partial charge in [-0.1, -0.05) is 59.4 Å². The number of rotatable bonds is 3. The molecule has 8 bridgehead atoms. The number of allylic oxidation sites excluding steroid dienone is 1. The molecule has 0 spiro atoms. The van der Waals surface area contributed by atoms with Crippen LogP contribution in [0.4, 0.5) is 0 Å². The molecule has 426 valence electrons. The van der Waals surface area contributed by atoms with Crippen molar-refractivity contribution in [1.29, 1.82) is 0 Å². The van der Waals surface area contributed by atoms with Gasteiger partial charge in [0.1, 0.15) is 30.5 Å². The van der Waals surface area contributed by atoms with Crippen molar-refractivity contribution in [3.8, 4) is 5.69 Å². The number of nitrogens with zero attached hydrogens (tertiary/aromatic N) is 4. The van der Waals surface area contributed by atoms with Gasteiger partial charge in [0.05, 0.1) is 42.2 Å². The first-order chi connectivity index (χ1) is 36.2. The van der Waals surface area contributed by atoms with E-state index in [-0.39, 0.29) is 63.0 Å². The maximum absolute atomic E-state index is 14.6. The fourth-order valence-electron chi connectivity index (χ4n) is 13.1. The fraction of sp³-hybridized carbons (Fsp3) is 0.707. The molecule has 0 radical (unpaired) electrons. The Morgan fingerprint density at radius 3 is 2.14 bits per heavy atom. The Morgan fingerprint density at radius 1 is 0.727 bits per heavy atom. The number of piperidine rings is 1. The van der Waals surface area contributed by atoms with Crippen molar-refractivity contribution < 1.29 is 63.0 Å². The van der Waals surface area contributed by atoms with Gasteiger partial charge in [-0.25, -0.2) is 28.3 Å². The summed E-state index contributed by atoms with van der Waals surface area (Å²) < 4.78 is 34.8. The number of hydrogen-bond donors (Lipinski definition) is 3. The quantitative estimate of drug-likeness (QED) is 0.195. The number of aliphatic hydroxyl groups excluding tert-OH is 2. The van der Waals surface area contributed by atoms with Crippen LogP contribution in [0.25, 0.3) is 5.69 Å². The van der Waals surface area contributed by atoms with Crippen LogP contribution in [-0.4, -0.2) is 145 Å². The van der Waals surface area contributed by atoms with E-state index < -0.39 is 125 Å². The number of hydrogen-bond acceptors (Lipinski definition) is 15. The van der Waals surface area contributed by atoms with Crippen LogP contribution in [0.1, 0.15) is 151 Å². The van der Waals surface area contributed by atoms with Gasteiger partial charge in [0, 0.05) is 45.4 Å². The molecule has 19 nitrogen and oxygen atoms in total. The van der Waals surface area contributed by atoms with E-state index in [1.807, 2.05) is 26.8 Å². The van der Waals surface area contributed by atoms with Crippen LogP contribution in [-0.2, 0) is 47.7 Å². The number of fused-ring (bicyclic) bond motifs is 13. The van der Waals surface area contributed by atoms with Crippen LogP contribution in [0.3, 0.4) is 0 Å². The van der Waals surface area contributed by atoms with E-state index in [4.69, 9.17) is 23.7 Å². The summed E-state index contributed by atoms with van der Waals surface area (Å²) in [6.07, 6.45) is 0.121. The second-order valence-electron chi connectivity index (χ2n) is 23.0. The summed E-state index contributed by atoms with van der Waals surface area (Å²) in [6, 6.07) is 6.30. The zero-order valence-electron chi connectivity index (χ0n) is 45.4. The standard InChI is InChI=1S/C57H80N4O15.CH4/c1-31-24-34(4)49(64)51(73-8)50(65)35(5)27-47-44(63)30-46(32(2)25-37-18-22-43(62)48(28-37)74-47)75-54(68)42-16-12-13-23-58(42)53(67)52(66)57(71)36(6)17-20-40(76-57)29-45(72-7)33(3)26-39-19-21-41(31)61-56(70)59(55(69)60(39)61)38-14-10-9-11-15-38;/h9-11,14-15,26-27,31-32,34,36-37,39-43,45-48,50-51,62,65,71H,12-13,16-25,28-30H2,1-8H3;1H4/b33-26?,35-27-;/t31?,32?,34-,36-,37?,39?,40?,41?,42+,43?,45?,46?,47?,48?,50-,51?,57-;/m1./s1. The molecule has 6 aliphatic heterocycles. The molecule has 7 aliphatic rings. The number of carbonyl (C=O) groups excluding carboxylic acids is 5. The predicted molar refractivity (Wildman–Crippen MR) is 284 cm³/mol. The molecule has 77 heavy (non-hydrogen) atoms. The van der Waals surface area contributed by atoms with Crippen LogP contribution in [0.15, 0.2) is 63.2 Å². The summed E-state index contributed by atoms with van der Waals surface area (Å²) in [6.45, 7) is 10.6. The van der Waals surface area contributed by atoms with Gasteiger partial charge in [0.25, 0.3) is 11.7 Å². The smallest absolute Gasteiger partial charge is 0.352 e. The average Bonchev–Trinajstić information content (AvgIpc) is 3.72. The van der Waals surface area contributed by atoms with Crippen molar-refractivity contribution in [1.82, 2.24) is 18.8 Å². The number of ketones is 3. The number of amides is 1. The monoisotopic (exact) mass is 1080 g/mol. The summed E-state index contributed by atoms with van der Waals surface area (Å²) in [5.41, 5.74) is 0.190. The molecule has 1 aromatic carbocycles. The molecule has 1 aliphatic carbocycles. The van der Waals surface area contributed by atoms with Crippen molar-refractivity contribution in [2.24, 2.45) is 29.6 Å². The molecule has 19 heteroatoms. The van der Waals surface area contributed by atoms with Crippen LogP contribution in [0.2, 0.25) is 0 Å². The molecule has 9 rings (SSSR count). The van der Waals surface area contributed by atoms with Crippen molar-refractivity contribution in [3.63, 3.8) is 0 Å². The molecule has 4 fully saturated rings. The molecule has 3 N–H and O–H groups in total. The number of Topliss-reactive ketones (excluding diaryl/α,β-unsaturated/α-hetero) is 3. The number of benzene rings is 1. The van der Waals surface area contributed by atoms with Gasteiger partial charge in [-0.15, -0.1) is 0 Å². The Labute approximate surface area is 451 Å². The first-order valence-electron chi connectivity index (χ1n) is 27.6. The lowest BCUT2D eigenvalue weighted by Gasteiger charge is -2.43. The summed E-state index contributed by atoms with van der Waals surface area (Å²) in [7, 11) is 2.84. The molecule has 7 heterocycles. The maximum Gasteiger partial charge on any atom is 0.352 e. The van der Waals surface area contributed by atoms with Gasteiger partial charge >= 0.3 is 17.3 Å². The first-order valence-corrected chi connectivity index (χ1v) is 27.6. The third-order valence-corrected chi connectivity index (χ3v) is 17.7. The molecular formula is C58H84N4O15. The number of para-hydroxylation sites is 1. The average molecular weight is 1080 g/mol. The highest BCUT2D eigenvalue weighted by Crippen LogP contribution is 2.40. The Hall–Kier alpha value is -4.89. The molecule has 1 amide bonds. The third kappa shape index (κ3) is 12.3. The Balaban J connectivity index is 0.00000861. The van der Waals surface area contributed by atoms with E-state index in [1.54, 1.807) is 51.1 Å². The van der Waals surface area contributed by atoms with E-state index in [1.165, 1.54) is 29.7 Å². The zero-order valence-corrected chi connectivity index (χ0v) is 45.4. The predicted octanol–water partition coefficient (Wildman–Crippen LogP) is 5.51. The van der Waals surface area contributed by atoms with Gasteiger partial charge in [0.2, 0.25) is 5.79 Å². The number of esters is 1. The van der Waals surface area contributed by atoms with E-state index in [0.717, 1.165) is 9.47 Å². The highest BCUT2D eigenvalue weighted by Gasteiger charge is 2.53. The molecular weight excluding hydrogens is 993 g/mol. The molecule has 12 unspecified atom stereocenters. The summed E-state index contributed by atoms with van der Waals surface area (Å²) in [4.78, 5) is 103. The lowest BCUT2D eigenvalue weighted by atomic mass is 9.78. The van der Waals surface area contributed by atoms with Crippen molar-refractivity contribution in [2.75, 3.05) is 20.8 Å². The molecule has 1 aromatic heterocycles. The lowest BCUT2D eigenvalue weighted by Crippen LogP contribution is -2.61. The minimum Gasteiger partial charge on any atom is -0.460 e. The minimum absolute atomic E-state index is 0. The van der Waals surface area contributed by atoms with E-state index in [2.05, 4.69) is 0 Å². The van der Waals surface area contributed by atoms with Crippen LogP contribution < -0.4 is 11.4 Å². The van der Waals surface area contributed by atoms with Crippen molar-refractivity contribution in [2.45, 2.75) is 212 Å². The van der Waals surface area contributed by atoms with E-state index in [9.17, 15) is 48.9 Å². The highest BCUT2D eigenvalue weighted by atomic mass is 16.6. The Morgan fingerprint density at radius 2 is 1.44 bits per heavy atom. The highest BCUT2D eigenvalue weighted by molar-refractivity contribution is 6.39. The van der Waals surface area contributed by atoms with Crippen molar-refractivity contribution in [3.05, 3.63) is 74.6 Å². The second kappa shape index (κ2) is 25.1. The summed E-state index contributed by atoms with van der Waals surface area (Å²) in [5.74, 6) is -8.69. The Bertz CT molecular complexity index is 2640.